The Morgan fingerprint density at radius 3 is 2.84 bits per heavy atom. The SMILES string of the molecule is COCCNCc1cc(C)nc2c(Cl)c(Cl)ccc12. The van der Waals surface area contributed by atoms with Crippen molar-refractivity contribution >= 4 is 34.1 Å². The van der Waals surface area contributed by atoms with Crippen LogP contribution in [0.2, 0.25) is 10.0 Å². The van der Waals surface area contributed by atoms with Crippen LogP contribution in [0.5, 0.6) is 0 Å². The van der Waals surface area contributed by atoms with Gasteiger partial charge >= 0.3 is 0 Å². The third-order valence-corrected chi connectivity index (χ3v) is 3.68. The molecule has 0 aliphatic carbocycles. The second-order valence-electron chi connectivity index (χ2n) is 4.35. The van der Waals surface area contributed by atoms with Crippen molar-refractivity contribution in [2.24, 2.45) is 0 Å². The summed E-state index contributed by atoms with van der Waals surface area (Å²) in [6, 6.07) is 5.83. The maximum absolute atomic E-state index is 6.22. The molecule has 1 aromatic carbocycles. The molecule has 2 rings (SSSR count). The summed E-state index contributed by atoms with van der Waals surface area (Å²) in [7, 11) is 1.69. The molecule has 0 unspecified atom stereocenters. The molecule has 3 nitrogen and oxygen atoms in total. The molecule has 5 heteroatoms. The minimum absolute atomic E-state index is 0.515. The number of aromatic nitrogens is 1. The maximum atomic E-state index is 6.22. The number of hydrogen-bond acceptors (Lipinski definition) is 3. The summed E-state index contributed by atoms with van der Waals surface area (Å²) in [6.45, 7) is 4.20. The van der Waals surface area contributed by atoms with Crippen LogP contribution >= 0.6 is 23.2 Å². The zero-order valence-corrected chi connectivity index (χ0v) is 12.5. The number of nitrogens with one attached hydrogen (secondary N) is 1. The van der Waals surface area contributed by atoms with Gasteiger partial charge in [-0.15, -0.1) is 0 Å². The van der Waals surface area contributed by atoms with Crippen molar-refractivity contribution in [3.05, 3.63) is 39.5 Å². The summed E-state index contributed by atoms with van der Waals surface area (Å²) in [4.78, 5) is 4.47. The number of aryl methyl sites for hydroxylation is 1. The average molecular weight is 299 g/mol. The number of methoxy groups -OCH3 is 1. The van der Waals surface area contributed by atoms with Crippen molar-refractivity contribution < 1.29 is 4.74 Å². The lowest BCUT2D eigenvalue weighted by Gasteiger charge is -2.10. The van der Waals surface area contributed by atoms with Crippen molar-refractivity contribution in [3.63, 3.8) is 0 Å². The van der Waals surface area contributed by atoms with E-state index in [0.29, 0.717) is 16.7 Å². The van der Waals surface area contributed by atoms with Gasteiger partial charge in [-0.1, -0.05) is 29.3 Å². The van der Waals surface area contributed by atoms with Gasteiger partial charge < -0.3 is 10.1 Å². The Bertz CT molecular complexity index is 587. The highest BCUT2D eigenvalue weighted by Gasteiger charge is 2.09. The van der Waals surface area contributed by atoms with Gasteiger partial charge in [0.25, 0.3) is 0 Å². The first-order valence-corrected chi connectivity index (χ1v) is 6.83. The Morgan fingerprint density at radius 1 is 1.32 bits per heavy atom. The molecule has 1 heterocycles. The third-order valence-electron chi connectivity index (χ3n) is 2.88. The predicted molar refractivity (Wildman–Crippen MR) is 80.1 cm³/mol. The van der Waals surface area contributed by atoms with Gasteiger partial charge in [0, 0.05) is 31.3 Å². The number of halogens is 2. The molecule has 0 saturated heterocycles. The predicted octanol–water partition coefficient (Wildman–Crippen LogP) is 3.59. The van der Waals surface area contributed by atoms with Gasteiger partial charge in [-0.25, -0.2) is 0 Å². The van der Waals surface area contributed by atoms with E-state index in [1.54, 1.807) is 7.11 Å². The van der Waals surface area contributed by atoms with Crippen LogP contribution in [0.15, 0.2) is 18.2 Å². The summed E-state index contributed by atoms with van der Waals surface area (Å²) in [5.74, 6) is 0. The molecule has 0 amide bonds. The van der Waals surface area contributed by atoms with Crippen LogP contribution in [0, 0.1) is 6.92 Å². The van der Waals surface area contributed by atoms with E-state index in [-0.39, 0.29) is 0 Å². The second kappa shape index (κ2) is 6.53. The Labute approximate surface area is 122 Å². The van der Waals surface area contributed by atoms with Crippen LogP contribution < -0.4 is 5.32 Å². The van der Waals surface area contributed by atoms with Gasteiger partial charge in [-0.2, -0.15) is 0 Å². The molecular weight excluding hydrogens is 283 g/mol. The van der Waals surface area contributed by atoms with E-state index < -0.39 is 0 Å². The van der Waals surface area contributed by atoms with Crippen molar-refractivity contribution in [1.82, 2.24) is 10.3 Å². The highest BCUT2D eigenvalue weighted by molar-refractivity contribution is 6.45. The Balaban J connectivity index is 2.35. The van der Waals surface area contributed by atoms with Crippen LogP contribution in [-0.4, -0.2) is 25.2 Å². The summed E-state index contributed by atoms with van der Waals surface area (Å²) in [5, 5.41) is 5.41. The molecule has 19 heavy (non-hydrogen) atoms. The topological polar surface area (TPSA) is 34.1 Å². The summed E-state index contributed by atoms with van der Waals surface area (Å²) in [6.07, 6.45) is 0. The number of benzene rings is 1. The Morgan fingerprint density at radius 2 is 2.11 bits per heavy atom. The van der Waals surface area contributed by atoms with Gasteiger partial charge in [0.05, 0.1) is 22.2 Å². The molecule has 0 aliphatic heterocycles. The first-order valence-electron chi connectivity index (χ1n) is 6.07. The zero-order chi connectivity index (χ0) is 13.8. The number of ether oxygens (including phenoxy) is 1. The van der Waals surface area contributed by atoms with E-state index in [2.05, 4.69) is 16.4 Å². The van der Waals surface area contributed by atoms with Gasteiger partial charge in [-0.3, -0.25) is 4.98 Å². The van der Waals surface area contributed by atoms with E-state index in [1.165, 1.54) is 0 Å². The number of pyridine rings is 1. The van der Waals surface area contributed by atoms with Crippen LogP contribution in [0.4, 0.5) is 0 Å². The molecule has 1 N–H and O–H groups in total. The van der Waals surface area contributed by atoms with Crippen LogP contribution in [0.25, 0.3) is 10.9 Å². The lowest BCUT2D eigenvalue weighted by atomic mass is 10.1. The summed E-state index contributed by atoms with van der Waals surface area (Å²) in [5.41, 5.74) is 2.86. The fourth-order valence-corrected chi connectivity index (χ4v) is 2.35. The van der Waals surface area contributed by atoms with Crippen LogP contribution in [0.3, 0.4) is 0 Å². The Kier molecular flexibility index (Phi) is 4.99. The zero-order valence-electron chi connectivity index (χ0n) is 11.0. The average Bonchev–Trinajstić information content (AvgIpc) is 2.39. The van der Waals surface area contributed by atoms with Gasteiger partial charge in [0.15, 0.2) is 0 Å². The Hall–Kier alpha value is -0.870. The van der Waals surface area contributed by atoms with Gasteiger partial charge in [0.2, 0.25) is 0 Å². The largest absolute Gasteiger partial charge is 0.383 e. The highest BCUT2D eigenvalue weighted by Crippen LogP contribution is 2.31. The smallest absolute Gasteiger partial charge is 0.0909 e. The van der Waals surface area contributed by atoms with Crippen molar-refractivity contribution in [3.8, 4) is 0 Å². The molecule has 102 valence electrons. The van der Waals surface area contributed by atoms with E-state index in [4.69, 9.17) is 27.9 Å². The van der Waals surface area contributed by atoms with Crippen LogP contribution in [0.1, 0.15) is 11.3 Å². The summed E-state index contributed by atoms with van der Waals surface area (Å²) >= 11 is 12.3. The van der Waals surface area contributed by atoms with Crippen molar-refractivity contribution in [1.29, 1.82) is 0 Å². The van der Waals surface area contributed by atoms with Crippen molar-refractivity contribution in [2.45, 2.75) is 13.5 Å². The minimum Gasteiger partial charge on any atom is -0.383 e. The lowest BCUT2D eigenvalue weighted by Crippen LogP contribution is -2.18. The fourth-order valence-electron chi connectivity index (χ4n) is 1.99. The molecular formula is C14H16Cl2N2O. The highest BCUT2D eigenvalue weighted by atomic mass is 35.5. The molecule has 0 bridgehead atoms. The van der Waals surface area contributed by atoms with E-state index in [1.807, 2.05) is 19.1 Å². The molecule has 1 aromatic heterocycles. The van der Waals surface area contributed by atoms with Gasteiger partial charge in [-0.05, 0) is 24.6 Å². The molecule has 2 aromatic rings. The minimum atomic E-state index is 0.515. The fraction of sp³-hybridized carbons (Fsp3) is 0.357. The molecule has 0 radical (unpaired) electrons. The quantitative estimate of drug-likeness (QED) is 0.857. The van der Waals surface area contributed by atoms with E-state index in [9.17, 15) is 0 Å². The van der Waals surface area contributed by atoms with Gasteiger partial charge in [0.1, 0.15) is 0 Å². The normalized spacial score (nSPS) is 11.2. The number of nitrogens with zero attached hydrogens (tertiary/aromatic N) is 1. The molecule has 0 atom stereocenters. The first-order chi connectivity index (χ1) is 9.13. The number of hydrogen-bond donors (Lipinski definition) is 1. The monoisotopic (exact) mass is 298 g/mol. The second-order valence-corrected chi connectivity index (χ2v) is 5.14. The number of fused-ring (bicyclic) bond motifs is 1. The molecule has 0 spiro atoms. The first kappa shape index (κ1) is 14.5. The number of rotatable bonds is 5. The molecule has 0 saturated carbocycles. The lowest BCUT2D eigenvalue weighted by molar-refractivity contribution is 0.199. The standard InChI is InChI=1S/C14H16Cl2N2O/c1-9-7-10(8-17-5-6-19-2)11-3-4-12(15)13(16)14(11)18-9/h3-4,7,17H,5-6,8H2,1-2H3. The molecule has 0 fully saturated rings. The molecule has 0 aliphatic rings. The van der Waals surface area contributed by atoms with Crippen molar-refractivity contribution in [2.75, 3.05) is 20.3 Å². The van der Waals surface area contributed by atoms with E-state index in [0.717, 1.165) is 35.2 Å². The maximum Gasteiger partial charge on any atom is 0.0909 e. The van der Waals surface area contributed by atoms with E-state index >= 15 is 0 Å². The van der Waals surface area contributed by atoms with Crippen LogP contribution in [-0.2, 0) is 11.3 Å². The summed E-state index contributed by atoms with van der Waals surface area (Å²) < 4.78 is 5.01. The third kappa shape index (κ3) is 3.37.